The van der Waals surface area contributed by atoms with Gasteiger partial charge in [-0.2, -0.15) is 0 Å². The summed E-state index contributed by atoms with van der Waals surface area (Å²) in [7, 11) is 0. The third-order valence-corrected chi connectivity index (χ3v) is 6.77. The Kier molecular flexibility index (Phi) is 6.71. The first-order valence-electron chi connectivity index (χ1n) is 10.7. The quantitative estimate of drug-likeness (QED) is 0.472. The summed E-state index contributed by atoms with van der Waals surface area (Å²) in [5.74, 6) is -1.17. The van der Waals surface area contributed by atoms with Crippen molar-refractivity contribution in [2.24, 2.45) is 0 Å². The molecule has 1 aliphatic heterocycles. The van der Waals surface area contributed by atoms with E-state index in [4.69, 9.17) is 4.74 Å². The number of rotatable bonds is 7. The number of ether oxygens (including phenoxy) is 1. The minimum absolute atomic E-state index is 0.0805. The number of carbonyl (C=O) groups excluding carboxylic acids is 3. The van der Waals surface area contributed by atoms with E-state index in [1.54, 1.807) is 49.8 Å². The van der Waals surface area contributed by atoms with E-state index in [1.807, 2.05) is 6.07 Å². The van der Waals surface area contributed by atoms with Crippen LogP contribution in [-0.2, 0) is 20.7 Å². The molecule has 1 aliphatic rings. The van der Waals surface area contributed by atoms with Crippen LogP contribution in [0.3, 0.4) is 0 Å². The maximum Gasteiger partial charge on any atom is 0.271 e. The average molecular weight is 481 g/mol. The summed E-state index contributed by atoms with van der Waals surface area (Å²) in [6, 6.07) is 8.98. The molecule has 1 fully saturated rings. The van der Waals surface area contributed by atoms with Crippen molar-refractivity contribution in [1.29, 1.82) is 0 Å². The molecule has 0 radical (unpaired) electrons. The van der Waals surface area contributed by atoms with Crippen LogP contribution >= 0.6 is 11.3 Å². The van der Waals surface area contributed by atoms with Crippen molar-refractivity contribution < 1.29 is 24.2 Å². The van der Waals surface area contributed by atoms with Gasteiger partial charge in [0.2, 0.25) is 5.91 Å². The average Bonchev–Trinajstić information content (AvgIpc) is 3.42. The lowest BCUT2D eigenvalue weighted by Gasteiger charge is -2.29. The number of benzene rings is 1. The summed E-state index contributed by atoms with van der Waals surface area (Å²) in [5, 5.41) is 17.3. The van der Waals surface area contributed by atoms with Crippen LogP contribution in [-0.4, -0.2) is 57.0 Å². The predicted octanol–water partition coefficient (Wildman–Crippen LogP) is 2.11. The van der Waals surface area contributed by atoms with Crippen molar-refractivity contribution in [1.82, 2.24) is 20.6 Å². The number of nitrogens with one attached hydrogen (secondary N) is 2. The maximum atomic E-state index is 13.3. The second kappa shape index (κ2) is 9.70. The normalized spacial score (nSPS) is 20.6. The number of phenols is 1. The highest BCUT2D eigenvalue weighted by Gasteiger charge is 2.47. The number of phenolic OH excluding ortho intramolecular Hbond substituents is 1. The topological polar surface area (TPSA) is 131 Å². The van der Waals surface area contributed by atoms with Gasteiger partial charge in [-0.3, -0.25) is 19.4 Å². The zero-order valence-electron chi connectivity index (χ0n) is 18.6. The molecular weight excluding hydrogens is 456 g/mol. The minimum Gasteiger partial charge on any atom is -0.508 e. The highest BCUT2D eigenvalue weighted by Crippen LogP contribution is 2.24. The molecule has 3 atom stereocenters. The Bertz CT molecular complexity index is 1200. The van der Waals surface area contributed by atoms with E-state index >= 15 is 0 Å². The second-order valence-electron chi connectivity index (χ2n) is 8.24. The number of hydrogen-bond donors (Lipinski definition) is 3. The fraction of sp³-hybridized carbons (Fsp3) is 0.292. The van der Waals surface area contributed by atoms with Gasteiger partial charge in [-0.25, -0.2) is 4.98 Å². The molecule has 3 aromatic rings. The van der Waals surface area contributed by atoms with Gasteiger partial charge >= 0.3 is 0 Å². The minimum atomic E-state index is -1.19. The monoisotopic (exact) mass is 480 g/mol. The van der Waals surface area contributed by atoms with Gasteiger partial charge in [-0.05, 0) is 43.7 Å². The van der Waals surface area contributed by atoms with Crippen molar-refractivity contribution in [3.8, 4) is 16.3 Å². The first-order chi connectivity index (χ1) is 16.3. The number of aromatic nitrogens is 2. The van der Waals surface area contributed by atoms with Crippen molar-refractivity contribution in [2.75, 3.05) is 6.61 Å². The molecule has 2 aromatic heterocycles. The Morgan fingerprint density at radius 2 is 2.06 bits per heavy atom. The van der Waals surface area contributed by atoms with Crippen LogP contribution in [0.25, 0.3) is 10.6 Å². The Morgan fingerprint density at radius 3 is 2.71 bits per heavy atom. The van der Waals surface area contributed by atoms with Crippen molar-refractivity contribution in [3.63, 3.8) is 0 Å². The number of hydrogen-bond acceptors (Lipinski definition) is 8. The van der Waals surface area contributed by atoms with E-state index in [-0.39, 0.29) is 30.3 Å². The smallest absolute Gasteiger partial charge is 0.271 e. The van der Waals surface area contributed by atoms with Gasteiger partial charge in [0.25, 0.3) is 5.91 Å². The fourth-order valence-corrected chi connectivity index (χ4v) is 4.36. The van der Waals surface area contributed by atoms with Crippen molar-refractivity contribution in [3.05, 3.63) is 65.4 Å². The van der Waals surface area contributed by atoms with Gasteiger partial charge in [0.1, 0.15) is 34.6 Å². The lowest BCUT2D eigenvalue weighted by atomic mass is 9.92. The summed E-state index contributed by atoms with van der Waals surface area (Å²) < 4.78 is 5.39. The van der Waals surface area contributed by atoms with Crippen molar-refractivity contribution in [2.45, 2.75) is 38.0 Å². The highest BCUT2D eigenvalue weighted by molar-refractivity contribution is 7.13. The number of pyridine rings is 1. The second-order valence-corrected chi connectivity index (χ2v) is 9.10. The molecule has 34 heavy (non-hydrogen) atoms. The summed E-state index contributed by atoms with van der Waals surface area (Å²) in [5.41, 5.74) is 0.488. The first-order valence-corrected chi connectivity index (χ1v) is 11.6. The number of nitrogens with zero attached hydrogens (tertiary/aromatic N) is 2. The van der Waals surface area contributed by atoms with Crippen LogP contribution < -0.4 is 10.6 Å². The number of carbonyl (C=O) groups is 3. The third kappa shape index (κ3) is 4.97. The van der Waals surface area contributed by atoms with E-state index in [0.29, 0.717) is 5.01 Å². The number of amides is 2. The molecule has 3 heterocycles. The Hall–Kier alpha value is -3.63. The van der Waals surface area contributed by atoms with E-state index < -0.39 is 29.5 Å². The van der Waals surface area contributed by atoms with Gasteiger partial charge in [-0.15, -0.1) is 11.3 Å². The lowest BCUT2D eigenvalue weighted by molar-refractivity contribution is -0.130. The molecular formula is C24H24N4O5S. The molecule has 0 aliphatic carbocycles. The zero-order chi connectivity index (χ0) is 24.3. The van der Waals surface area contributed by atoms with Crippen molar-refractivity contribution >= 4 is 28.9 Å². The van der Waals surface area contributed by atoms with Crippen LogP contribution in [0.1, 0.15) is 29.9 Å². The molecule has 4 rings (SSSR count). The van der Waals surface area contributed by atoms with Gasteiger partial charge in [-0.1, -0.05) is 12.1 Å². The SMILES string of the molecule is C[C@H]1OCC(=O)[C@]1(C)NC(=O)[C@H](Cc1ccc(O)cc1)NC(=O)c1csc(-c2cccnc2)n1. The van der Waals surface area contributed by atoms with E-state index in [1.165, 1.54) is 23.5 Å². The molecule has 1 saturated heterocycles. The Labute approximate surface area is 200 Å². The number of ketones is 1. The van der Waals surface area contributed by atoms with Crippen LogP contribution in [0.5, 0.6) is 5.75 Å². The summed E-state index contributed by atoms with van der Waals surface area (Å²) in [4.78, 5) is 47.1. The molecule has 1 aromatic carbocycles. The molecule has 0 saturated carbocycles. The van der Waals surface area contributed by atoms with Crippen LogP contribution in [0.2, 0.25) is 0 Å². The summed E-state index contributed by atoms with van der Waals surface area (Å²) >= 11 is 1.30. The largest absolute Gasteiger partial charge is 0.508 e. The molecule has 9 nitrogen and oxygen atoms in total. The van der Waals surface area contributed by atoms with Gasteiger partial charge < -0.3 is 20.5 Å². The number of Topliss-reactive ketones (excluding diaryl/α,β-unsaturated/α-hetero) is 1. The number of aromatic hydroxyl groups is 1. The molecule has 0 unspecified atom stereocenters. The van der Waals surface area contributed by atoms with Crippen LogP contribution in [0.4, 0.5) is 0 Å². The van der Waals surface area contributed by atoms with Crippen LogP contribution in [0, 0.1) is 0 Å². The molecule has 0 spiro atoms. The van der Waals surface area contributed by atoms with E-state index in [9.17, 15) is 19.5 Å². The molecule has 2 amide bonds. The summed E-state index contributed by atoms with van der Waals surface area (Å²) in [6.07, 6.45) is 2.95. The van der Waals surface area contributed by atoms with E-state index in [2.05, 4.69) is 20.6 Å². The number of thiazole rings is 1. The molecule has 3 N–H and O–H groups in total. The maximum absolute atomic E-state index is 13.3. The fourth-order valence-electron chi connectivity index (χ4n) is 3.57. The van der Waals surface area contributed by atoms with Gasteiger partial charge in [0.15, 0.2) is 5.78 Å². The van der Waals surface area contributed by atoms with E-state index in [0.717, 1.165) is 11.1 Å². The third-order valence-electron chi connectivity index (χ3n) is 5.88. The predicted molar refractivity (Wildman–Crippen MR) is 125 cm³/mol. The Balaban J connectivity index is 1.54. The molecule has 176 valence electrons. The van der Waals surface area contributed by atoms with Crippen LogP contribution in [0.15, 0.2) is 54.2 Å². The molecule has 10 heteroatoms. The van der Waals surface area contributed by atoms with Gasteiger partial charge in [0.05, 0.1) is 6.10 Å². The molecule has 0 bridgehead atoms. The first kappa shape index (κ1) is 23.5. The highest BCUT2D eigenvalue weighted by atomic mass is 32.1. The Morgan fingerprint density at radius 1 is 1.29 bits per heavy atom. The van der Waals surface area contributed by atoms with Gasteiger partial charge in [0, 0.05) is 29.8 Å². The lowest BCUT2D eigenvalue weighted by Crippen LogP contribution is -2.60. The summed E-state index contributed by atoms with van der Waals surface area (Å²) in [6.45, 7) is 3.25. The standard InChI is InChI=1S/C24H24N4O5S/c1-14-24(2,20(30)12-33-14)28-22(32)18(10-15-5-7-17(29)8-6-15)26-21(31)19-13-34-23(27-19)16-4-3-9-25-11-16/h3-9,11,13-14,18,29H,10,12H2,1-2H3,(H,26,31)(H,28,32)/t14-,18+,24-/m1/s1. The zero-order valence-corrected chi connectivity index (χ0v) is 19.5.